The van der Waals surface area contributed by atoms with Gasteiger partial charge in [0.25, 0.3) is 0 Å². The summed E-state index contributed by atoms with van der Waals surface area (Å²) in [7, 11) is 2.27. The van der Waals surface area contributed by atoms with Gasteiger partial charge >= 0.3 is 0 Å². The molecular formula is C16H29N3O. The maximum absolute atomic E-state index is 12.0. The summed E-state index contributed by atoms with van der Waals surface area (Å²) < 4.78 is 0. The molecule has 2 N–H and O–H groups in total. The Hall–Kier alpha value is -0.610. The summed E-state index contributed by atoms with van der Waals surface area (Å²) in [5.74, 6) is 1.53. The molecule has 0 aromatic heterocycles. The molecule has 0 aromatic rings. The van der Waals surface area contributed by atoms with Crippen LogP contribution < -0.4 is 10.6 Å². The zero-order chi connectivity index (χ0) is 13.9. The molecule has 3 aliphatic heterocycles. The fraction of sp³-hybridized carbons (Fsp3) is 0.938. The maximum atomic E-state index is 12.0. The van der Waals surface area contributed by atoms with Crippen LogP contribution in [-0.4, -0.2) is 49.6 Å². The SMILES string of the molecule is CN1C2CCC1CC(CNC(=O)CC1CCCNC1)C2. The molecule has 0 aromatic carbocycles. The lowest BCUT2D eigenvalue weighted by molar-refractivity contribution is -0.122. The van der Waals surface area contributed by atoms with E-state index < -0.39 is 0 Å². The molecule has 4 heteroatoms. The number of rotatable bonds is 4. The largest absolute Gasteiger partial charge is 0.356 e. The third-order valence-electron chi connectivity index (χ3n) is 5.66. The molecule has 3 heterocycles. The van der Waals surface area contributed by atoms with Gasteiger partial charge in [0.05, 0.1) is 0 Å². The van der Waals surface area contributed by atoms with E-state index in [1.165, 1.54) is 38.5 Å². The predicted octanol–water partition coefficient (Wildman–Crippen LogP) is 1.37. The Morgan fingerprint density at radius 2 is 1.95 bits per heavy atom. The summed E-state index contributed by atoms with van der Waals surface area (Å²) >= 11 is 0. The van der Waals surface area contributed by atoms with Crippen LogP contribution in [0.5, 0.6) is 0 Å². The first-order valence-corrected chi connectivity index (χ1v) is 8.41. The van der Waals surface area contributed by atoms with E-state index in [-0.39, 0.29) is 5.91 Å². The molecule has 2 bridgehead atoms. The summed E-state index contributed by atoms with van der Waals surface area (Å²) in [6, 6.07) is 1.55. The van der Waals surface area contributed by atoms with Crippen LogP contribution in [0.2, 0.25) is 0 Å². The monoisotopic (exact) mass is 279 g/mol. The Balaban J connectivity index is 1.38. The molecule has 3 aliphatic rings. The molecule has 3 fully saturated rings. The highest BCUT2D eigenvalue weighted by Gasteiger charge is 2.38. The molecule has 3 rings (SSSR count). The van der Waals surface area contributed by atoms with E-state index in [2.05, 4.69) is 22.6 Å². The minimum absolute atomic E-state index is 0.268. The van der Waals surface area contributed by atoms with Crippen molar-refractivity contribution in [2.75, 3.05) is 26.7 Å². The lowest BCUT2D eigenvalue weighted by atomic mass is 9.91. The first-order chi connectivity index (χ1) is 9.72. The smallest absolute Gasteiger partial charge is 0.220 e. The van der Waals surface area contributed by atoms with Gasteiger partial charge in [-0.3, -0.25) is 4.79 Å². The van der Waals surface area contributed by atoms with Crippen molar-refractivity contribution in [2.24, 2.45) is 11.8 Å². The van der Waals surface area contributed by atoms with Gasteiger partial charge in [0.2, 0.25) is 5.91 Å². The van der Waals surface area contributed by atoms with Crippen molar-refractivity contribution >= 4 is 5.91 Å². The van der Waals surface area contributed by atoms with E-state index in [9.17, 15) is 4.79 Å². The van der Waals surface area contributed by atoms with E-state index >= 15 is 0 Å². The van der Waals surface area contributed by atoms with Gasteiger partial charge in [-0.05, 0) is 70.5 Å². The molecule has 0 radical (unpaired) electrons. The first-order valence-electron chi connectivity index (χ1n) is 8.41. The van der Waals surface area contributed by atoms with Crippen molar-refractivity contribution in [3.05, 3.63) is 0 Å². The molecule has 3 unspecified atom stereocenters. The molecule has 20 heavy (non-hydrogen) atoms. The molecule has 114 valence electrons. The molecule has 0 aliphatic carbocycles. The molecule has 1 amide bonds. The zero-order valence-corrected chi connectivity index (χ0v) is 12.7. The third kappa shape index (κ3) is 3.34. The lowest BCUT2D eigenvalue weighted by Gasteiger charge is -2.36. The Kier molecular flexibility index (Phi) is 4.61. The number of hydrogen-bond acceptors (Lipinski definition) is 3. The van der Waals surface area contributed by atoms with E-state index in [0.717, 1.165) is 31.7 Å². The first kappa shape index (κ1) is 14.3. The van der Waals surface area contributed by atoms with Crippen LogP contribution in [0.3, 0.4) is 0 Å². The average Bonchev–Trinajstić information content (AvgIpc) is 2.68. The number of carbonyl (C=O) groups is 1. The zero-order valence-electron chi connectivity index (χ0n) is 12.7. The van der Waals surface area contributed by atoms with Gasteiger partial charge in [-0.25, -0.2) is 0 Å². The normalized spacial score (nSPS) is 37.9. The van der Waals surface area contributed by atoms with Gasteiger partial charge < -0.3 is 15.5 Å². The molecule has 0 saturated carbocycles. The van der Waals surface area contributed by atoms with Crippen LogP contribution in [0.4, 0.5) is 0 Å². The van der Waals surface area contributed by atoms with Crippen molar-refractivity contribution < 1.29 is 4.79 Å². The van der Waals surface area contributed by atoms with Crippen LogP contribution >= 0.6 is 0 Å². The molecule has 0 spiro atoms. The average molecular weight is 279 g/mol. The summed E-state index contributed by atoms with van der Waals surface area (Å²) in [6.07, 6.45) is 8.41. The second kappa shape index (κ2) is 6.44. The van der Waals surface area contributed by atoms with Crippen LogP contribution in [-0.2, 0) is 4.79 Å². The number of piperidine rings is 2. The molecule has 4 nitrogen and oxygen atoms in total. The predicted molar refractivity (Wildman–Crippen MR) is 80.5 cm³/mol. The molecular weight excluding hydrogens is 250 g/mol. The van der Waals surface area contributed by atoms with E-state index in [1.807, 2.05) is 0 Å². The molecule has 3 atom stereocenters. The fourth-order valence-corrected chi connectivity index (χ4v) is 4.38. The summed E-state index contributed by atoms with van der Waals surface area (Å²) in [5.41, 5.74) is 0. The standard InChI is InChI=1S/C16H29N3O/c1-19-14-4-5-15(19)8-13(7-14)11-18-16(20)9-12-3-2-6-17-10-12/h12-15,17H,2-11H2,1H3,(H,18,20). The lowest BCUT2D eigenvalue weighted by Crippen LogP contribution is -2.43. The highest BCUT2D eigenvalue weighted by Crippen LogP contribution is 2.37. The summed E-state index contributed by atoms with van der Waals surface area (Å²) in [6.45, 7) is 3.04. The second-order valence-electron chi connectivity index (χ2n) is 7.11. The van der Waals surface area contributed by atoms with Crippen molar-refractivity contribution in [3.63, 3.8) is 0 Å². The highest BCUT2D eigenvalue weighted by molar-refractivity contribution is 5.76. The maximum Gasteiger partial charge on any atom is 0.220 e. The number of carbonyl (C=O) groups excluding carboxylic acids is 1. The van der Waals surface area contributed by atoms with Gasteiger partial charge in [0.1, 0.15) is 0 Å². The number of nitrogens with one attached hydrogen (secondary N) is 2. The third-order valence-corrected chi connectivity index (χ3v) is 5.66. The number of nitrogens with zero attached hydrogens (tertiary/aromatic N) is 1. The van der Waals surface area contributed by atoms with Crippen molar-refractivity contribution in [1.82, 2.24) is 15.5 Å². The van der Waals surface area contributed by atoms with E-state index in [4.69, 9.17) is 0 Å². The Bertz CT molecular complexity index is 327. The fourth-order valence-electron chi connectivity index (χ4n) is 4.38. The summed E-state index contributed by atoms with van der Waals surface area (Å²) in [4.78, 5) is 14.6. The van der Waals surface area contributed by atoms with Crippen molar-refractivity contribution in [3.8, 4) is 0 Å². The van der Waals surface area contributed by atoms with E-state index in [0.29, 0.717) is 18.3 Å². The van der Waals surface area contributed by atoms with Crippen molar-refractivity contribution in [2.45, 2.75) is 57.0 Å². The van der Waals surface area contributed by atoms with Gasteiger partial charge in [-0.15, -0.1) is 0 Å². The van der Waals surface area contributed by atoms with Crippen LogP contribution in [0.15, 0.2) is 0 Å². The number of fused-ring (bicyclic) bond motifs is 2. The molecule has 3 saturated heterocycles. The van der Waals surface area contributed by atoms with Crippen LogP contribution in [0, 0.1) is 11.8 Å². The van der Waals surface area contributed by atoms with Gasteiger partial charge in [-0.1, -0.05) is 0 Å². The Labute approximate surface area is 122 Å². The summed E-state index contributed by atoms with van der Waals surface area (Å²) in [5, 5.41) is 6.58. The van der Waals surface area contributed by atoms with Crippen LogP contribution in [0.25, 0.3) is 0 Å². The van der Waals surface area contributed by atoms with Crippen LogP contribution in [0.1, 0.15) is 44.9 Å². The highest BCUT2D eigenvalue weighted by atomic mass is 16.1. The van der Waals surface area contributed by atoms with Gasteiger partial charge in [0.15, 0.2) is 0 Å². The number of amides is 1. The topological polar surface area (TPSA) is 44.4 Å². The van der Waals surface area contributed by atoms with Crippen molar-refractivity contribution in [1.29, 1.82) is 0 Å². The minimum atomic E-state index is 0.268. The minimum Gasteiger partial charge on any atom is -0.356 e. The number of hydrogen-bond donors (Lipinski definition) is 2. The second-order valence-corrected chi connectivity index (χ2v) is 7.11. The van der Waals surface area contributed by atoms with Gasteiger partial charge in [-0.2, -0.15) is 0 Å². The Morgan fingerprint density at radius 3 is 2.60 bits per heavy atom. The Morgan fingerprint density at radius 1 is 1.20 bits per heavy atom. The van der Waals surface area contributed by atoms with E-state index in [1.54, 1.807) is 0 Å². The van der Waals surface area contributed by atoms with Gasteiger partial charge in [0, 0.05) is 25.0 Å². The quantitative estimate of drug-likeness (QED) is 0.817.